The predicted molar refractivity (Wildman–Crippen MR) is 52.9 cm³/mol. The van der Waals surface area contributed by atoms with Crippen molar-refractivity contribution in [3.63, 3.8) is 0 Å². The summed E-state index contributed by atoms with van der Waals surface area (Å²) >= 11 is 5.86. The van der Waals surface area contributed by atoms with E-state index in [0.717, 1.165) is 13.1 Å². The topological polar surface area (TPSA) is 58.2 Å². The Hall–Kier alpha value is -1.07. The van der Waals surface area contributed by atoms with E-state index in [1.807, 2.05) is 4.90 Å². The van der Waals surface area contributed by atoms with Gasteiger partial charge >= 0.3 is 0 Å². The number of aromatic amines is 1. The highest BCUT2D eigenvalue weighted by Gasteiger charge is 2.16. The van der Waals surface area contributed by atoms with E-state index in [1.54, 1.807) is 0 Å². The van der Waals surface area contributed by atoms with Gasteiger partial charge in [-0.3, -0.25) is 9.89 Å². The Bertz CT molecular complexity index is 373. The van der Waals surface area contributed by atoms with E-state index in [9.17, 15) is 4.79 Å². The van der Waals surface area contributed by atoms with Gasteiger partial charge in [0.15, 0.2) is 0 Å². The zero-order valence-corrected chi connectivity index (χ0v) is 8.25. The minimum atomic E-state index is -0.257. The molecular weight excluding hydrogens is 206 g/mol. The molecular formula is C8H10ClN3O2. The summed E-state index contributed by atoms with van der Waals surface area (Å²) in [5.41, 5.74) is -0.257. The standard InChI is InChI=1S/C8H10ClN3O2/c9-7-6(13)5-10-11-8(7)12-1-3-14-4-2-12/h5H,1-4H2,(H,11,13). The van der Waals surface area contributed by atoms with Crippen molar-refractivity contribution in [3.8, 4) is 0 Å². The van der Waals surface area contributed by atoms with Crippen LogP contribution in [-0.2, 0) is 4.74 Å². The molecule has 0 radical (unpaired) electrons. The highest BCUT2D eigenvalue weighted by molar-refractivity contribution is 6.32. The lowest BCUT2D eigenvalue weighted by Crippen LogP contribution is -2.37. The Kier molecular flexibility index (Phi) is 2.69. The largest absolute Gasteiger partial charge is 0.378 e. The van der Waals surface area contributed by atoms with Gasteiger partial charge in [0.25, 0.3) is 0 Å². The molecule has 14 heavy (non-hydrogen) atoms. The van der Waals surface area contributed by atoms with Gasteiger partial charge in [0.05, 0.1) is 19.4 Å². The summed E-state index contributed by atoms with van der Waals surface area (Å²) in [6.07, 6.45) is 1.17. The van der Waals surface area contributed by atoms with Crippen LogP contribution in [-0.4, -0.2) is 36.5 Å². The van der Waals surface area contributed by atoms with Crippen molar-refractivity contribution >= 4 is 17.4 Å². The lowest BCUT2D eigenvalue weighted by Gasteiger charge is -2.28. The van der Waals surface area contributed by atoms with Gasteiger partial charge in [-0.2, -0.15) is 5.10 Å². The minimum Gasteiger partial charge on any atom is -0.378 e. The van der Waals surface area contributed by atoms with E-state index in [-0.39, 0.29) is 10.5 Å². The molecule has 0 atom stereocenters. The number of H-pyrrole nitrogens is 1. The average molecular weight is 216 g/mol. The molecule has 0 aliphatic carbocycles. The zero-order valence-electron chi connectivity index (χ0n) is 7.49. The van der Waals surface area contributed by atoms with Crippen LogP contribution in [0, 0.1) is 0 Å². The number of anilines is 1. The molecule has 5 nitrogen and oxygen atoms in total. The van der Waals surface area contributed by atoms with Gasteiger partial charge in [-0.25, -0.2) is 0 Å². The second kappa shape index (κ2) is 3.98. The fourth-order valence-electron chi connectivity index (χ4n) is 1.37. The van der Waals surface area contributed by atoms with Crippen molar-refractivity contribution < 1.29 is 4.74 Å². The Morgan fingerprint density at radius 2 is 2.21 bits per heavy atom. The highest BCUT2D eigenvalue weighted by Crippen LogP contribution is 2.18. The maximum absolute atomic E-state index is 11.2. The smallest absolute Gasteiger partial charge is 0.220 e. The number of nitrogens with zero attached hydrogens (tertiary/aromatic N) is 2. The number of aromatic nitrogens is 2. The summed E-state index contributed by atoms with van der Waals surface area (Å²) in [5, 5.41) is 6.65. The molecule has 76 valence electrons. The van der Waals surface area contributed by atoms with Gasteiger partial charge in [0.2, 0.25) is 5.43 Å². The molecule has 6 heteroatoms. The lowest BCUT2D eigenvalue weighted by molar-refractivity contribution is 0.122. The molecule has 0 amide bonds. The number of hydrogen-bond acceptors (Lipinski definition) is 4. The highest BCUT2D eigenvalue weighted by atomic mass is 35.5. The molecule has 2 heterocycles. The molecule has 2 rings (SSSR count). The molecule has 1 aromatic rings. The molecule has 1 N–H and O–H groups in total. The molecule has 0 bridgehead atoms. The molecule has 0 aromatic carbocycles. The van der Waals surface area contributed by atoms with E-state index >= 15 is 0 Å². The van der Waals surface area contributed by atoms with Gasteiger partial charge in [-0.15, -0.1) is 0 Å². The van der Waals surface area contributed by atoms with Gasteiger partial charge in [-0.1, -0.05) is 11.6 Å². The number of rotatable bonds is 1. The van der Waals surface area contributed by atoms with Crippen LogP contribution in [0.2, 0.25) is 5.02 Å². The van der Waals surface area contributed by atoms with E-state index < -0.39 is 0 Å². The van der Waals surface area contributed by atoms with Gasteiger partial charge in [-0.05, 0) is 0 Å². The normalized spacial score (nSPS) is 17.1. The average Bonchev–Trinajstić information content (AvgIpc) is 2.23. The van der Waals surface area contributed by atoms with Crippen molar-refractivity contribution in [1.82, 2.24) is 10.2 Å². The quantitative estimate of drug-likeness (QED) is 0.730. The number of halogens is 1. The van der Waals surface area contributed by atoms with E-state index in [2.05, 4.69) is 10.2 Å². The summed E-state index contributed by atoms with van der Waals surface area (Å²) in [5.74, 6) is 0.586. The summed E-state index contributed by atoms with van der Waals surface area (Å²) < 4.78 is 5.19. The van der Waals surface area contributed by atoms with Crippen molar-refractivity contribution in [2.75, 3.05) is 31.2 Å². The van der Waals surface area contributed by atoms with Crippen molar-refractivity contribution in [2.45, 2.75) is 0 Å². The first-order valence-corrected chi connectivity index (χ1v) is 4.72. The molecule has 1 aliphatic heterocycles. The monoisotopic (exact) mass is 215 g/mol. The van der Waals surface area contributed by atoms with Crippen LogP contribution >= 0.6 is 11.6 Å². The van der Waals surface area contributed by atoms with Crippen molar-refractivity contribution in [3.05, 3.63) is 21.4 Å². The maximum atomic E-state index is 11.2. The van der Waals surface area contributed by atoms with Crippen LogP contribution in [0.5, 0.6) is 0 Å². The Morgan fingerprint density at radius 3 is 2.93 bits per heavy atom. The zero-order chi connectivity index (χ0) is 9.97. The molecule has 1 saturated heterocycles. The second-order valence-electron chi connectivity index (χ2n) is 3.00. The third-order valence-corrected chi connectivity index (χ3v) is 2.47. The van der Waals surface area contributed by atoms with E-state index in [1.165, 1.54) is 6.20 Å². The van der Waals surface area contributed by atoms with Crippen LogP contribution in [0.3, 0.4) is 0 Å². The summed E-state index contributed by atoms with van der Waals surface area (Å²) in [4.78, 5) is 13.2. The van der Waals surface area contributed by atoms with Crippen molar-refractivity contribution in [2.24, 2.45) is 0 Å². The summed E-state index contributed by atoms with van der Waals surface area (Å²) in [6, 6.07) is 0. The third-order valence-electron chi connectivity index (χ3n) is 2.10. The second-order valence-corrected chi connectivity index (χ2v) is 3.37. The number of morpholine rings is 1. The summed E-state index contributed by atoms with van der Waals surface area (Å²) in [7, 11) is 0. The van der Waals surface area contributed by atoms with Crippen LogP contribution in [0.15, 0.2) is 11.0 Å². The van der Waals surface area contributed by atoms with Gasteiger partial charge < -0.3 is 9.64 Å². The molecule has 1 aliphatic rings. The first-order chi connectivity index (χ1) is 6.79. The van der Waals surface area contributed by atoms with Crippen LogP contribution < -0.4 is 10.3 Å². The predicted octanol–water partition coefficient (Wildman–Crippen LogP) is 0.260. The molecule has 0 saturated carbocycles. The van der Waals surface area contributed by atoms with Crippen molar-refractivity contribution in [1.29, 1.82) is 0 Å². The third kappa shape index (κ3) is 1.73. The van der Waals surface area contributed by atoms with E-state index in [4.69, 9.17) is 16.3 Å². The number of nitrogens with one attached hydrogen (secondary N) is 1. The fourth-order valence-corrected chi connectivity index (χ4v) is 1.58. The number of ether oxygens (including phenoxy) is 1. The molecule has 0 unspecified atom stereocenters. The Balaban J connectivity index is 2.30. The fraction of sp³-hybridized carbons (Fsp3) is 0.500. The maximum Gasteiger partial charge on any atom is 0.220 e. The lowest BCUT2D eigenvalue weighted by atomic mass is 10.4. The van der Waals surface area contributed by atoms with Crippen LogP contribution in [0.1, 0.15) is 0 Å². The molecule has 0 spiro atoms. The van der Waals surface area contributed by atoms with Gasteiger partial charge in [0.1, 0.15) is 10.8 Å². The van der Waals surface area contributed by atoms with Crippen LogP contribution in [0.25, 0.3) is 0 Å². The first kappa shape index (κ1) is 9.48. The molecule has 1 fully saturated rings. The summed E-state index contributed by atoms with van der Waals surface area (Å²) in [6.45, 7) is 2.74. The number of hydrogen-bond donors (Lipinski definition) is 1. The van der Waals surface area contributed by atoms with Crippen LogP contribution in [0.4, 0.5) is 5.82 Å². The SMILES string of the molecule is O=c1cn[nH]c(N2CCOCC2)c1Cl. The minimum absolute atomic E-state index is 0.196. The first-order valence-electron chi connectivity index (χ1n) is 4.35. The Labute approximate surface area is 85.6 Å². The van der Waals surface area contributed by atoms with E-state index in [0.29, 0.717) is 19.0 Å². The van der Waals surface area contributed by atoms with Gasteiger partial charge in [0, 0.05) is 13.1 Å². The molecule has 1 aromatic heterocycles. The Morgan fingerprint density at radius 1 is 1.50 bits per heavy atom.